The van der Waals surface area contributed by atoms with Crippen molar-refractivity contribution >= 4 is 50.6 Å². The highest BCUT2D eigenvalue weighted by Gasteiger charge is 2.26. The fourth-order valence-corrected chi connectivity index (χ4v) is 6.36. The van der Waals surface area contributed by atoms with Gasteiger partial charge >= 0.3 is 0 Å². The number of aryl methyl sites for hydroxylation is 2. The summed E-state index contributed by atoms with van der Waals surface area (Å²) in [6, 6.07) is 4.08. The third kappa shape index (κ3) is 5.22. The van der Waals surface area contributed by atoms with E-state index < -0.39 is 0 Å². The molecule has 3 aromatic heterocycles. The van der Waals surface area contributed by atoms with Gasteiger partial charge in [-0.25, -0.2) is 4.98 Å². The molecule has 1 fully saturated rings. The van der Waals surface area contributed by atoms with Gasteiger partial charge in [-0.05, 0) is 50.6 Å². The van der Waals surface area contributed by atoms with Crippen LogP contribution in [0, 0.1) is 13.8 Å². The Morgan fingerprint density at radius 3 is 3.00 bits per heavy atom. The minimum atomic E-state index is -0.242. The van der Waals surface area contributed by atoms with Gasteiger partial charge in [0.05, 0.1) is 29.0 Å². The molecule has 2 unspecified atom stereocenters. The number of carbonyl (C=O) groups excluding carboxylic acids is 1. The largest absolute Gasteiger partial charge is 0.376 e. The fraction of sp³-hybridized carbons (Fsp3) is 0.500. The summed E-state index contributed by atoms with van der Waals surface area (Å²) in [5.41, 5.74) is 0.897. The van der Waals surface area contributed by atoms with Crippen LogP contribution in [0.3, 0.4) is 0 Å². The third-order valence-electron chi connectivity index (χ3n) is 5.59. The highest BCUT2D eigenvalue weighted by Crippen LogP contribution is 2.27. The maximum absolute atomic E-state index is 13.3. The average Bonchev–Trinajstić information content (AvgIpc) is 3.49. The molecular weight excluding hydrogens is 450 g/mol. The monoisotopic (exact) mass is 477 g/mol. The number of fused-ring (bicyclic) bond motifs is 1. The molecule has 0 bridgehead atoms. The summed E-state index contributed by atoms with van der Waals surface area (Å²) in [5.74, 6) is 1.20. The van der Waals surface area contributed by atoms with Crippen LogP contribution in [-0.2, 0) is 21.8 Å². The fourth-order valence-electron chi connectivity index (χ4n) is 3.76. The van der Waals surface area contributed by atoms with Gasteiger partial charge in [-0.15, -0.1) is 34.4 Å². The zero-order valence-corrected chi connectivity index (χ0v) is 20.4. The van der Waals surface area contributed by atoms with E-state index in [0.717, 1.165) is 34.7 Å². The molecule has 1 N–H and O–H groups in total. The van der Waals surface area contributed by atoms with Crippen LogP contribution < -0.4 is 5.56 Å². The first-order valence-electron chi connectivity index (χ1n) is 10.5. The molecule has 0 aliphatic carbocycles. The first-order chi connectivity index (χ1) is 14.9. The number of amides is 1. The molecule has 166 valence electrons. The van der Waals surface area contributed by atoms with Gasteiger partial charge in [0, 0.05) is 22.9 Å². The zero-order valence-electron chi connectivity index (χ0n) is 18.0. The van der Waals surface area contributed by atoms with Crippen molar-refractivity contribution in [2.75, 3.05) is 13.2 Å². The Balaban J connectivity index is 1.44. The predicted octanol–water partition coefficient (Wildman–Crippen LogP) is 4.49. The lowest BCUT2D eigenvalue weighted by atomic mass is 10.2. The molecule has 1 aliphatic rings. The van der Waals surface area contributed by atoms with Crippen LogP contribution in [0.4, 0.5) is 0 Å². The summed E-state index contributed by atoms with van der Waals surface area (Å²) in [5, 5.41) is 2.47. The number of aromatic amines is 1. The number of rotatable bonds is 8. The van der Waals surface area contributed by atoms with Crippen LogP contribution in [0.1, 0.15) is 40.9 Å². The third-order valence-corrected chi connectivity index (χ3v) is 8.70. The maximum Gasteiger partial charge on any atom is 0.259 e. The second-order valence-corrected chi connectivity index (χ2v) is 11.4. The van der Waals surface area contributed by atoms with Crippen molar-refractivity contribution in [2.24, 2.45) is 0 Å². The Kier molecular flexibility index (Phi) is 7.15. The number of nitrogens with zero attached hydrogens (tertiary/aromatic N) is 2. The molecule has 1 aliphatic heterocycles. The first-order valence-corrected chi connectivity index (χ1v) is 13.2. The van der Waals surface area contributed by atoms with Gasteiger partial charge in [0.15, 0.2) is 0 Å². The number of thioether (sulfide) groups is 1. The van der Waals surface area contributed by atoms with Crippen molar-refractivity contribution < 1.29 is 9.53 Å². The first kappa shape index (κ1) is 22.5. The highest BCUT2D eigenvalue weighted by molar-refractivity contribution is 7.99. The summed E-state index contributed by atoms with van der Waals surface area (Å²) in [6.07, 6.45) is 2.17. The number of aromatic nitrogens is 2. The number of thiophene rings is 2. The van der Waals surface area contributed by atoms with E-state index in [1.54, 1.807) is 22.7 Å². The molecule has 6 nitrogen and oxygen atoms in total. The molecule has 0 radical (unpaired) electrons. The normalized spacial score (nSPS) is 17.3. The number of hydrogen-bond acceptors (Lipinski definition) is 7. The van der Waals surface area contributed by atoms with E-state index in [9.17, 15) is 9.59 Å². The van der Waals surface area contributed by atoms with E-state index in [2.05, 4.69) is 16.0 Å². The van der Waals surface area contributed by atoms with Crippen molar-refractivity contribution in [3.8, 4) is 0 Å². The van der Waals surface area contributed by atoms with Crippen LogP contribution in [0.5, 0.6) is 0 Å². The molecule has 3 aromatic rings. The van der Waals surface area contributed by atoms with E-state index >= 15 is 0 Å². The van der Waals surface area contributed by atoms with E-state index in [-0.39, 0.29) is 22.8 Å². The Morgan fingerprint density at radius 2 is 2.29 bits per heavy atom. The van der Waals surface area contributed by atoms with Gasteiger partial charge < -0.3 is 14.6 Å². The molecule has 9 heteroatoms. The lowest BCUT2D eigenvalue weighted by Gasteiger charge is -2.27. The van der Waals surface area contributed by atoms with Crippen molar-refractivity contribution in [3.05, 3.63) is 49.0 Å². The number of H-pyrrole nitrogens is 1. The molecule has 4 rings (SSSR count). The van der Waals surface area contributed by atoms with Gasteiger partial charge in [-0.2, -0.15) is 0 Å². The Morgan fingerprint density at radius 1 is 1.45 bits per heavy atom. The molecule has 0 saturated carbocycles. The molecule has 0 aromatic carbocycles. The molecule has 4 heterocycles. The van der Waals surface area contributed by atoms with Gasteiger partial charge in [0.2, 0.25) is 5.91 Å². The van der Waals surface area contributed by atoms with Gasteiger partial charge in [0.25, 0.3) is 5.56 Å². The highest BCUT2D eigenvalue weighted by atomic mass is 32.2. The SMILES string of the molecule is Cc1sc2nc(CSC(C)C(=O)N(Cc3cccs3)CC3CCCO3)[nH]c(=O)c2c1C. The van der Waals surface area contributed by atoms with Crippen LogP contribution >= 0.6 is 34.4 Å². The summed E-state index contributed by atoms with van der Waals surface area (Å²) in [7, 11) is 0. The van der Waals surface area contributed by atoms with Crippen molar-refractivity contribution in [1.82, 2.24) is 14.9 Å². The number of hydrogen-bond donors (Lipinski definition) is 1. The molecule has 0 spiro atoms. The van der Waals surface area contributed by atoms with E-state index in [4.69, 9.17) is 4.74 Å². The smallest absolute Gasteiger partial charge is 0.259 e. The Labute approximate surface area is 194 Å². The van der Waals surface area contributed by atoms with Crippen molar-refractivity contribution in [3.63, 3.8) is 0 Å². The summed E-state index contributed by atoms with van der Waals surface area (Å²) < 4.78 is 5.78. The summed E-state index contributed by atoms with van der Waals surface area (Å²) in [4.78, 5) is 38.3. The van der Waals surface area contributed by atoms with Crippen LogP contribution in [0.2, 0.25) is 0 Å². The zero-order chi connectivity index (χ0) is 22.0. The summed E-state index contributed by atoms with van der Waals surface area (Å²) in [6.45, 7) is 7.90. The second-order valence-electron chi connectivity index (χ2n) is 7.86. The second kappa shape index (κ2) is 9.85. The number of ether oxygens (including phenoxy) is 1. The minimum Gasteiger partial charge on any atom is -0.376 e. The van der Waals surface area contributed by atoms with Crippen LogP contribution in [0.25, 0.3) is 10.2 Å². The van der Waals surface area contributed by atoms with E-state index in [1.807, 2.05) is 37.1 Å². The van der Waals surface area contributed by atoms with Crippen LogP contribution in [0.15, 0.2) is 22.3 Å². The van der Waals surface area contributed by atoms with Gasteiger partial charge in [-0.3, -0.25) is 9.59 Å². The molecule has 1 amide bonds. The van der Waals surface area contributed by atoms with Crippen molar-refractivity contribution in [1.29, 1.82) is 0 Å². The Hall–Kier alpha value is -1.68. The standard InChI is InChI=1S/C22H27N3O3S3/c1-13-14(2)31-21-19(13)20(26)23-18(24-21)12-30-15(3)22(27)25(10-16-6-4-8-28-16)11-17-7-5-9-29-17/h5,7,9,15-16H,4,6,8,10-12H2,1-3H3,(H,23,24,26). The van der Waals surface area contributed by atoms with Crippen LogP contribution in [-0.4, -0.2) is 45.3 Å². The quantitative estimate of drug-likeness (QED) is 0.517. The molecule has 31 heavy (non-hydrogen) atoms. The maximum atomic E-state index is 13.3. The minimum absolute atomic E-state index is 0.0973. The molecule has 1 saturated heterocycles. The van der Waals surface area contributed by atoms with E-state index in [1.165, 1.54) is 16.6 Å². The average molecular weight is 478 g/mol. The Bertz CT molecular complexity index is 1100. The molecular formula is C22H27N3O3S3. The lowest BCUT2D eigenvalue weighted by Crippen LogP contribution is -2.40. The number of nitrogens with one attached hydrogen (secondary N) is 1. The van der Waals surface area contributed by atoms with E-state index in [0.29, 0.717) is 30.1 Å². The van der Waals surface area contributed by atoms with Gasteiger partial charge in [0.1, 0.15) is 10.7 Å². The number of carbonyl (C=O) groups is 1. The van der Waals surface area contributed by atoms with Crippen molar-refractivity contribution in [2.45, 2.75) is 57.3 Å². The topological polar surface area (TPSA) is 75.3 Å². The van der Waals surface area contributed by atoms with Gasteiger partial charge in [-0.1, -0.05) is 6.07 Å². The predicted molar refractivity (Wildman–Crippen MR) is 129 cm³/mol. The lowest BCUT2D eigenvalue weighted by molar-refractivity contribution is -0.132. The summed E-state index contributed by atoms with van der Waals surface area (Å²) >= 11 is 4.72. The molecule has 2 atom stereocenters.